The second-order valence-corrected chi connectivity index (χ2v) is 7.17. The lowest BCUT2D eigenvalue weighted by Gasteiger charge is -2.26. The minimum absolute atomic E-state index is 0.0924. The first-order valence-corrected chi connectivity index (χ1v) is 9.94. The highest BCUT2D eigenvalue weighted by Gasteiger charge is 2.14. The summed E-state index contributed by atoms with van der Waals surface area (Å²) in [7, 11) is 0. The second-order valence-electron chi connectivity index (χ2n) is 7.17. The second kappa shape index (κ2) is 9.72. The molecule has 0 unspecified atom stereocenters. The predicted octanol–water partition coefficient (Wildman–Crippen LogP) is 4.22. The summed E-state index contributed by atoms with van der Waals surface area (Å²) in [6.07, 6.45) is 0. The van der Waals surface area contributed by atoms with Crippen LogP contribution in [0.5, 0.6) is 5.75 Å². The molecule has 0 saturated carbocycles. The Morgan fingerprint density at radius 1 is 1.06 bits per heavy atom. The highest BCUT2D eigenvalue weighted by molar-refractivity contribution is 6.02. The summed E-state index contributed by atoms with van der Waals surface area (Å²) in [4.78, 5) is 14.8. The Bertz CT molecular complexity index is 1050. The predicted molar refractivity (Wildman–Crippen MR) is 110 cm³/mol. The van der Waals surface area contributed by atoms with Gasteiger partial charge in [0.15, 0.2) is 17.3 Å². The van der Waals surface area contributed by atoms with Gasteiger partial charge in [0.05, 0.1) is 13.2 Å². The van der Waals surface area contributed by atoms with Gasteiger partial charge in [0.2, 0.25) is 0 Å². The van der Waals surface area contributed by atoms with Crippen molar-refractivity contribution in [2.75, 3.05) is 31.6 Å². The van der Waals surface area contributed by atoms with E-state index in [0.29, 0.717) is 11.4 Å². The van der Waals surface area contributed by atoms with Crippen molar-refractivity contribution in [3.8, 4) is 5.75 Å². The maximum atomic E-state index is 13.6. The lowest BCUT2D eigenvalue weighted by molar-refractivity contribution is 0.0342. The number of amides is 1. The number of halogens is 2. The molecular formula is C23H22F2N2O4. The molecule has 1 amide bonds. The summed E-state index contributed by atoms with van der Waals surface area (Å²) in [5.74, 6) is -1.53. The van der Waals surface area contributed by atoms with Gasteiger partial charge in [-0.2, -0.15) is 0 Å². The molecule has 2 aromatic carbocycles. The third kappa shape index (κ3) is 5.68. The molecule has 1 fully saturated rings. The smallest absolute Gasteiger partial charge is 0.291 e. The number of furan rings is 1. The molecule has 8 heteroatoms. The molecule has 2 heterocycles. The summed E-state index contributed by atoms with van der Waals surface area (Å²) in [5.41, 5.74) is 1.76. The summed E-state index contributed by atoms with van der Waals surface area (Å²) in [5, 5.41) is 2.82. The fourth-order valence-corrected chi connectivity index (χ4v) is 3.28. The van der Waals surface area contributed by atoms with E-state index < -0.39 is 17.5 Å². The van der Waals surface area contributed by atoms with Gasteiger partial charge in [-0.1, -0.05) is 12.1 Å². The molecule has 0 aliphatic carbocycles. The van der Waals surface area contributed by atoms with Crippen LogP contribution in [-0.4, -0.2) is 37.1 Å². The first kappa shape index (κ1) is 21.0. The van der Waals surface area contributed by atoms with E-state index in [1.807, 2.05) is 24.3 Å². The Kier molecular flexibility index (Phi) is 6.59. The van der Waals surface area contributed by atoms with Crippen molar-refractivity contribution < 1.29 is 27.5 Å². The summed E-state index contributed by atoms with van der Waals surface area (Å²) in [6, 6.07) is 13.8. The number of benzene rings is 2. The molecule has 31 heavy (non-hydrogen) atoms. The van der Waals surface area contributed by atoms with Crippen LogP contribution in [0.1, 0.15) is 21.9 Å². The Hall–Kier alpha value is -3.23. The number of ether oxygens (including phenoxy) is 2. The SMILES string of the molecule is O=C(Nc1cccc(CN2CCOCC2)c1)c1ccc(COc2ccc(F)cc2F)o1. The number of carbonyl (C=O) groups is 1. The van der Waals surface area contributed by atoms with Gasteiger partial charge in [-0.3, -0.25) is 9.69 Å². The van der Waals surface area contributed by atoms with E-state index >= 15 is 0 Å². The number of carbonyl (C=O) groups excluding carboxylic acids is 1. The number of nitrogens with zero attached hydrogens (tertiary/aromatic N) is 1. The Balaban J connectivity index is 1.34. The maximum Gasteiger partial charge on any atom is 0.291 e. The summed E-state index contributed by atoms with van der Waals surface area (Å²) in [6.45, 7) is 3.93. The van der Waals surface area contributed by atoms with E-state index in [0.717, 1.165) is 50.5 Å². The van der Waals surface area contributed by atoms with Gasteiger partial charge in [0, 0.05) is 31.4 Å². The van der Waals surface area contributed by atoms with Gasteiger partial charge < -0.3 is 19.2 Å². The lowest BCUT2D eigenvalue weighted by Crippen LogP contribution is -2.35. The number of nitrogens with one attached hydrogen (secondary N) is 1. The van der Waals surface area contributed by atoms with E-state index in [1.54, 1.807) is 6.07 Å². The summed E-state index contributed by atoms with van der Waals surface area (Å²) >= 11 is 0. The van der Waals surface area contributed by atoms with Crippen LogP contribution in [0, 0.1) is 11.6 Å². The van der Waals surface area contributed by atoms with Gasteiger partial charge in [-0.05, 0) is 42.0 Å². The molecule has 162 valence electrons. The Morgan fingerprint density at radius 3 is 2.71 bits per heavy atom. The van der Waals surface area contributed by atoms with Gasteiger partial charge in [-0.15, -0.1) is 0 Å². The van der Waals surface area contributed by atoms with E-state index in [9.17, 15) is 13.6 Å². The van der Waals surface area contributed by atoms with Crippen molar-refractivity contribution in [2.45, 2.75) is 13.2 Å². The third-order valence-electron chi connectivity index (χ3n) is 4.84. The average molecular weight is 428 g/mol. The zero-order chi connectivity index (χ0) is 21.6. The zero-order valence-electron chi connectivity index (χ0n) is 16.8. The van der Waals surface area contributed by atoms with Gasteiger partial charge in [0.25, 0.3) is 5.91 Å². The monoisotopic (exact) mass is 428 g/mol. The van der Waals surface area contributed by atoms with Gasteiger partial charge >= 0.3 is 0 Å². The molecule has 1 N–H and O–H groups in total. The fourth-order valence-electron chi connectivity index (χ4n) is 3.28. The topological polar surface area (TPSA) is 63.9 Å². The number of hydrogen-bond donors (Lipinski definition) is 1. The van der Waals surface area contributed by atoms with Gasteiger partial charge in [0.1, 0.15) is 18.2 Å². The Morgan fingerprint density at radius 2 is 1.90 bits per heavy atom. The largest absolute Gasteiger partial charge is 0.483 e. The van der Waals surface area contributed by atoms with Gasteiger partial charge in [-0.25, -0.2) is 8.78 Å². The quantitative estimate of drug-likeness (QED) is 0.611. The minimum Gasteiger partial charge on any atom is -0.483 e. The molecule has 1 saturated heterocycles. The number of morpholine rings is 1. The fraction of sp³-hybridized carbons (Fsp3) is 0.261. The molecule has 1 aliphatic heterocycles. The number of rotatable bonds is 7. The van der Waals surface area contributed by atoms with Crippen LogP contribution in [0.25, 0.3) is 0 Å². The third-order valence-corrected chi connectivity index (χ3v) is 4.84. The molecule has 1 aromatic heterocycles. The van der Waals surface area contributed by atoms with Crippen molar-refractivity contribution >= 4 is 11.6 Å². The van der Waals surface area contributed by atoms with Crippen molar-refractivity contribution in [1.29, 1.82) is 0 Å². The molecule has 0 radical (unpaired) electrons. The summed E-state index contributed by atoms with van der Waals surface area (Å²) < 4.78 is 42.8. The van der Waals surface area contributed by atoms with Crippen molar-refractivity contribution in [3.05, 3.63) is 83.3 Å². The normalized spacial score (nSPS) is 14.4. The van der Waals surface area contributed by atoms with Crippen LogP contribution in [0.3, 0.4) is 0 Å². The molecule has 0 atom stereocenters. The molecule has 6 nitrogen and oxygen atoms in total. The first-order valence-electron chi connectivity index (χ1n) is 9.94. The molecule has 1 aliphatic rings. The standard InChI is InChI=1S/C23H22F2N2O4/c24-17-4-6-21(20(25)13-17)30-15-19-5-7-22(31-19)23(28)26-18-3-1-2-16(12-18)14-27-8-10-29-11-9-27/h1-7,12-13H,8-11,14-15H2,(H,26,28). The molecule has 3 aromatic rings. The van der Waals surface area contributed by atoms with Crippen LogP contribution in [-0.2, 0) is 17.9 Å². The van der Waals surface area contributed by atoms with Crippen molar-refractivity contribution in [1.82, 2.24) is 4.90 Å². The highest BCUT2D eigenvalue weighted by Crippen LogP contribution is 2.20. The Labute approximate surface area is 178 Å². The molecular weight excluding hydrogens is 406 g/mol. The number of hydrogen-bond acceptors (Lipinski definition) is 5. The van der Waals surface area contributed by atoms with Crippen LogP contribution in [0.2, 0.25) is 0 Å². The maximum absolute atomic E-state index is 13.6. The van der Waals surface area contributed by atoms with E-state index in [2.05, 4.69) is 10.2 Å². The van der Waals surface area contributed by atoms with Crippen LogP contribution >= 0.6 is 0 Å². The molecule has 4 rings (SSSR count). The van der Waals surface area contributed by atoms with Crippen LogP contribution in [0.15, 0.2) is 59.0 Å². The van der Waals surface area contributed by atoms with Crippen LogP contribution in [0.4, 0.5) is 14.5 Å². The van der Waals surface area contributed by atoms with Crippen molar-refractivity contribution in [2.24, 2.45) is 0 Å². The number of anilines is 1. The molecule has 0 spiro atoms. The molecule has 0 bridgehead atoms. The van der Waals surface area contributed by atoms with Crippen LogP contribution < -0.4 is 10.1 Å². The van der Waals surface area contributed by atoms with E-state index in [1.165, 1.54) is 12.1 Å². The average Bonchev–Trinajstić information content (AvgIpc) is 3.23. The van der Waals surface area contributed by atoms with E-state index in [4.69, 9.17) is 13.9 Å². The lowest BCUT2D eigenvalue weighted by atomic mass is 10.2. The van der Waals surface area contributed by atoms with Crippen molar-refractivity contribution in [3.63, 3.8) is 0 Å². The highest BCUT2D eigenvalue weighted by atomic mass is 19.1. The minimum atomic E-state index is -0.804. The van der Waals surface area contributed by atoms with E-state index in [-0.39, 0.29) is 18.1 Å². The first-order chi connectivity index (χ1) is 15.1. The zero-order valence-corrected chi connectivity index (χ0v) is 16.8.